The number of fused-ring (bicyclic) bond motifs is 1. The van der Waals surface area contributed by atoms with Crippen molar-refractivity contribution in [2.24, 2.45) is 17.8 Å². The highest BCUT2D eigenvalue weighted by atomic mass is 79.9. The van der Waals surface area contributed by atoms with Crippen molar-refractivity contribution in [2.45, 2.75) is 69.2 Å². The van der Waals surface area contributed by atoms with Crippen LogP contribution in [0.3, 0.4) is 0 Å². The summed E-state index contributed by atoms with van der Waals surface area (Å²) < 4.78 is 12.1. The number of carbonyl (C=O) groups is 3. The van der Waals surface area contributed by atoms with Gasteiger partial charge in [0.05, 0.1) is 37.2 Å². The lowest BCUT2D eigenvalue weighted by atomic mass is 9.70. The lowest BCUT2D eigenvalue weighted by Gasteiger charge is -2.40. The number of carbonyl (C=O) groups excluding carboxylic acids is 3. The molecule has 3 saturated heterocycles. The molecule has 1 spiro atoms. The molecule has 9 nitrogen and oxygen atoms in total. The zero-order valence-corrected chi connectivity index (χ0v) is 26.7. The molecule has 2 amide bonds. The van der Waals surface area contributed by atoms with Gasteiger partial charge in [0.1, 0.15) is 11.6 Å². The molecule has 1 aromatic carbocycles. The van der Waals surface area contributed by atoms with Crippen LogP contribution in [0.15, 0.2) is 49.6 Å². The van der Waals surface area contributed by atoms with Crippen molar-refractivity contribution in [3.63, 3.8) is 0 Å². The first-order valence-electron chi connectivity index (χ1n) is 14.9. The van der Waals surface area contributed by atoms with Gasteiger partial charge in [-0.05, 0) is 56.9 Å². The maximum atomic E-state index is 14.8. The van der Waals surface area contributed by atoms with Crippen LogP contribution in [-0.2, 0) is 23.9 Å². The SMILES string of the molecule is C=CCCOC(=O)[C@H]1[C@@H]2OC3(CC2Br)C(C(=O)N(CC=C)c2ccc(N(CC)CC)cc2)N([C@@H](CO)C(C)C)C(=O)[C@H]13. The Morgan fingerprint density at radius 1 is 1.19 bits per heavy atom. The van der Waals surface area contributed by atoms with E-state index in [4.69, 9.17) is 9.47 Å². The quantitative estimate of drug-likeness (QED) is 0.142. The molecule has 230 valence electrons. The summed E-state index contributed by atoms with van der Waals surface area (Å²) in [5.74, 6) is -3.12. The number of esters is 1. The Kier molecular flexibility index (Phi) is 10.2. The van der Waals surface area contributed by atoms with E-state index in [2.05, 4.69) is 47.8 Å². The molecule has 3 fully saturated rings. The minimum absolute atomic E-state index is 0.152. The van der Waals surface area contributed by atoms with Crippen molar-refractivity contribution in [3.8, 4) is 0 Å². The van der Waals surface area contributed by atoms with Gasteiger partial charge in [-0.3, -0.25) is 14.4 Å². The number of alkyl halides is 1. The van der Waals surface area contributed by atoms with Crippen LogP contribution in [0.4, 0.5) is 11.4 Å². The van der Waals surface area contributed by atoms with Gasteiger partial charge in [0, 0.05) is 35.8 Å². The molecule has 4 rings (SSSR count). The highest BCUT2D eigenvalue weighted by molar-refractivity contribution is 9.09. The third kappa shape index (κ3) is 5.42. The van der Waals surface area contributed by atoms with E-state index in [0.717, 1.165) is 18.8 Å². The zero-order chi connectivity index (χ0) is 30.8. The second kappa shape index (κ2) is 13.3. The van der Waals surface area contributed by atoms with E-state index < -0.39 is 41.6 Å². The Bertz CT molecular complexity index is 1170. The van der Waals surface area contributed by atoms with Gasteiger partial charge < -0.3 is 29.3 Å². The minimum atomic E-state index is -1.25. The smallest absolute Gasteiger partial charge is 0.312 e. The lowest BCUT2D eigenvalue weighted by molar-refractivity contribution is -0.155. The highest BCUT2D eigenvalue weighted by Crippen LogP contribution is 2.61. The van der Waals surface area contributed by atoms with Crippen molar-refractivity contribution in [1.82, 2.24) is 4.90 Å². The van der Waals surface area contributed by atoms with Crippen molar-refractivity contribution in [1.29, 1.82) is 0 Å². The molecule has 0 saturated carbocycles. The number of halogens is 1. The molecule has 2 bridgehead atoms. The maximum absolute atomic E-state index is 14.8. The Morgan fingerprint density at radius 3 is 2.38 bits per heavy atom. The molecule has 42 heavy (non-hydrogen) atoms. The van der Waals surface area contributed by atoms with Crippen LogP contribution in [0.2, 0.25) is 0 Å². The molecule has 0 aliphatic carbocycles. The maximum Gasteiger partial charge on any atom is 0.312 e. The summed E-state index contributed by atoms with van der Waals surface area (Å²) in [6, 6.07) is 6.07. The number of nitrogens with zero attached hydrogens (tertiary/aromatic N) is 3. The van der Waals surface area contributed by atoms with E-state index in [1.165, 1.54) is 4.90 Å². The summed E-state index contributed by atoms with van der Waals surface area (Å²) in [7, 11) is 0. The molecular formula is C32H44BrN3O6. The van der Waals surface area contributed by atoms with E-state index in [1.54, 1.807) is 17.1 Å². The predicted molar refractivity (Wildman–Crippen MR) is 167 cm³/mol. The molecule has 7 atom stereocenters. The number of ether oxygens (including phenoxy) is 2. The van der Waals surface area contributed by atoms with Crippen LogP contribution in [0.25, 0.3) is 0 Å². The van der Waals surface area contributed by atoms with Gasteiger partial charge in [-0.1, -0.05) is 41.9 Å². The molecule has 1 aromatic rings. The molecule has 3 aliphatic rings. The van der Waals surface area contributed by atoms with Crippen LogP contribution >= 0.6 is 15.9 Å². The summed E-state index contributed by atoms with van der Waals surface area (Å²) in [5, 5.41) is 10.5. The predicted octanol–water partition coefficient (Wildman–Crippen LogP) is 3.94. The molecule has 3 unspecified atom stereocenters. The molecule has 3 aliphatic heterocycles. The number of anilines is 2. The fourth-order valence-corrected chi connectivity index (χ4v) is 7.91. The molecule has 1 N–H and O–H groups in total. The van der Waals surface area contributed by atoms with Gasteiger partial charge in [-0.2, -0.15) is 0 Å². The van der Waals surface area contributed by atoms with Crippen LogP contribution in [0.1, 0.15) is 40.5 Å². The van der Waals surface area contributed by atoms with E-state index in [9.17, 15) is 19.5 Å². The standard InChI is InChI=1S/C32H44BrN3O6/c1-7-11-17-41-31(40)25-26-29(38)36(24(19-37)20(5)6)28(32(26)18-23(33)27(25)42-32)30(39)35(16-8-2)22-14-12-21(13-15-22)34(9-3)10-4/h7-8,12-15,20,23-28,37H,1-2,9-11,16-19H2,3-6H3/t23?,24-,25+,26-,27+,28?,32?/m0/s1. The Hall–Kier alpha value is -2.69. The van der Waals surface area contributed by atoms with Gasteiger partial charge >= 0.3 is 5.97 Å². The average Bonchev–Trinajstić information content (AvgIpc) is 3.56. The van der Waals surface area contributed by atoms with Gasteiger partial charge in [0.15, 0.2) is 0 Å². The highest BCUT2D eigenvalue weighted by Gasteiger charge is 2.77. The fourth-order valence-electron chi connectivity index (χ4n) is 6.96. The molecule has 0 radical (unpaired) electrons. The van der Waals surface area contributed by atoms with Crippen LogP contribution in [0, 0.1) is 17.8 Å². The van der Waals surface area contributed by atoms with E-state index in [0.29, 0.717) is 18.5 Å². The zero-order valence-electron chi connectivity index (χ0n) is 25.1. The molecule has 3 heterocycles. The molecule has 10 heteroatoms. The van der Waals surface area contributed by atoms with Crippen molar-refractivity contribution in [2.75, 3.05) is 42.6 Å². The van der Waals surface area contributed by atoms with Gasteiger partial charge in [0.2, 0.25) is 5.91 Å². The first-order valence-corrected chi connectivity index (χ1v) is 15.8. The van der Waals surface area contributed by atoms with Gasteiger partial charge in [-0.25, -0.2) is 0 Å². The number of rotatable bonds is 14. The molecule has 0 aromatic heterocycles. The average molecular weight is 647 g/mol. The topological polar surface area (TPSA) is 99.6 Å². The van der Waals surface area contributed by atoms with E-state index in [1.807, 2.05) is 38.1 Å². The van der Waals surface area contributed by atoms with Crippen molar-refractivity contribution >= 4 is 45.1 Å². The second-order valence-corrected chi connectivity index (χ2v) is 12.8. The Labute approximate surface area is 257 Å². The minimum Gasteiger partial charge on any atom is -0.465 e. The Balaban J connectivity index is 1.79. The van der Waals surface area contributed by atoms with Gasteiger partial charge in [-0.15, -0.1) is 13.2 Å². The van der Waals surface area contributed by atoms with Crippen molar-refractivity contribution < 1.29 is 29.0 Å². The summed E-state index contributed by atoms with van der Waals surface area (Å²) in [4.78, 5) is 47.6. The summed E-state index contributed by atoms with van der Waals surface area (Å²) in [6.07, 6.45) is 3.56. The fraction of sp³-hybridized carbons (Fsp3) is 0.594. The number of likely N-dealkylation sites (tertiary alicyclic amines) is 1. The summed E-state index contributed by atoms with van der Waals surface area (Å²) in [5.41, 5.74) is 0.457. The normalized spacial score (nSPS) is 28.5. The summed E-state index contributed by atoms with van der Waals surface area (Å²) >= 11 is 3.69. The number of hydrogen-bond acceptors (Lipinski definition) is 7. The lowest BCUT2D eigenvalue weighted by Crippen LogP contribution is -2.60. The van der Waals surface area contributed by atoms with Crippen molar-refractivity contribution in [3.05, 3.63) is 49.6 Å². The monoisotopic (exact) mass is 645 g/mol. The number of amides is 2. The third-order valence-electron chi connectivity index (χ3n) is 8.98. The number of hydrogen-bond donors (Lipinski definition) is 1. The van der Waals surface area contributed by atoms with Crippen LogP contribution < -0.4 is 9.80 Å². The third-order valence-corrected chi connectivity index (χ3v) is 9.83. The van der Waals surface area contributed by atoms with E-state index >= 15 is 0 Å². The largest absolute Gasteiger partial charge is 0.465 e. The molecular weight excluding hydrogens is 602 g/mol. The van der Waals surface area contributed by atoms with E-state index in [-0.39, 0.29) is 42.3 Å². The summed E-state index contributed by atoms with van der Waals surface area (Å²) in [6.45, 7) is 17.3. The number of aliphatic hydroxyl groups is 1. The number of aliphatic hydroxyl groups excluding tert-OH is 1. The first kappa shape index (κ1) is 32.2. The van der Waals surface area contributed by atoms with Crippen LogP contribution in [0.5, 0.6) is 0 Å². The second-order valence-electron chi connectivity index (χ2n) is 11.6. The van der Waals surface area contributed by atoms with Gasteiger partial charge in [0.25, 0.3) is 5.91 Å². The first-order chi connectivity index (χ1) is 20.1. The Morgan fingerprint density at radius 2 is 1.83 bits per heavy atom. The number of benzene rings is 1. The van der Waals surface area contributed by atoms with Crippen LogP contribution in [-0.4, -0.2) is 89.3 Å².